The summed E-state index contributed by atoms with van der Waals surface area (Å²) < 4.78 is 38.2. The molecule has 168 valence electrons. The molecule has 1 amide bonds. The van der Waals surface area contributed by atoms with Gasteiger partial charge in [-0.3, -0.25) is 9.52 Å². The Labute approximate surface area is 192 Å². The van der Waals surface area contributed by atoms with E-state index in [0.717, 1.165) is 0 Å². The van der Waals surface area contributed by atoms with Crippen LogP contribution in [0.3, 0.4) is 0 Å². The molecule has 0 saturated carbocycles. The third-order valence-electron chi connectivity index (χ3n) is 4.42. The third kappa shape index (κ3) is 6.90. The van der Waals surface area contributed by atoms with Crippen molar-refractivity contribution >= 4 is 38.9 Å². The maximum absolute atomic E-state index is 12.5. The fourth-order valence-electron chi connectivity index (χ4n) is 2.77. The highest BCUT2D eigenvalue weighted by Crippen LogP contribution is 2.21. The van der Waals surface area contributed by atoms with E-state index in [1.54, 1.807) is 60.7 Å². The smallest absolute Gasteiger partial charge is 0.261 e. The van der Waals surface area contributed by atoms with Gasteiger partial charge in [-0.15, -0.1) is 0 Å². The minimum absolute atomic E-state index is 0.0858. The zero-order chi connectivity index (χ0) is 23.0. The van der Waals surface area contributed by atoms with Crippen LogP contribution in [0, 0.1) is 0 Å². The van der Waals surface area contributed by atoms with Crippen LogP contribution in [0.5, 0.6) is 11.5 Å². The van der Waals surface area contributed by atoms with E-state index < -0.39 is 10.0 Å². The van der Waals surface area contributed by atoms with Crippen LogP contribution in [0.1, 0.15) is 12.8 Å². The molecular weight excluding hydrogens is 452 g/mol. The second-order valence-electron chi connectivity index (χ2n) is 6.81. The van der Waals surface area contributed by atoms with Crippen LogP contribution in [0.25, 0.3) is 0 Å². The molecule has 3 rings (SSSR count). The lowest BCUT2D eigenvalue weighted by Gasteiger charge is -2.10. The molecule has 0 fully saturated rings. The highest BCUT2D eigenvalue weighted by atomic mass is 35.5. The van der Waals surface area contributed by atoms with Crippen molar-refractivity contribution in [3.63, 3.8) is 0 Å². The first-order valence-electron chi connectivity index (χ1n) is 9.81. The van der Waals surface area contributed by atoms with Gasteiger partial charge in [-0.1, -0.05) is 11.6 Å². The van der Waals surface area contributed by atoms with Gasteiger partial charge >= 0.3 is 0 Å². The highest BCUT2D eigenvalue weighted by Gasteiger charge is 2.14. The maximum atomic E-state index is 12.5. The van der Waals surface area contributed by atoms with Crippen molar-refractivity contribution < 1.29 is 22.7 Å². The molecule has 7 nitrogen and oxygen atoms in total. The number of carbonyl (C=O) groups excluding carboxylic acids is 1. The van der Waals surface area contributed by atoms with Crippen LogP contribution < -0.4 is 19.5 Å². The summed E-state index contributed by atoms with van der Waals surface area (Å²) >= 11 is 5.82. The fourth-order valence-corrected chi connectivity index (χ4v) is 3.95. The van der Waals surface area contributed by atoms with Crippen LogP contribution in [-0.2, 0) is 14.8 Å². The predicted octanol–water partition coefficient (Wildman–Crippen LogP) is 4.95. The van der Waals surface area contributed by atoms with E-state index in [-0.39, 0.29) is 17.2 Å². The number of nitrogens with one attached hydrogen (secondary N) is 2. The summed E-state index contributed by atoms with van der Waals surface area (Å²) in [5.41, 5.74) is 0.931. The summed E-state index contributed by atoms with van der Waals surface area (Å²) in [6, 6.07) is 19.5. The van der Waals surface area contributed by atoms with Crippen LogP contribution in [-0.4, -0.2) is 28.0 Å². The number of amides is 1. The van der Waals surface area contributed by atoms with Gasteiger partial charge in [0.15, 0.2) is 0 Å². The molecule has 3 aromatic rings. The Kier molecular flexibility index (Phi) is 7.97. The number of methoxy groups -OCH3 is 1. The lowest BCUT2D eigenvalue weighted by Crippen LogP contribution is -2.14. The van der Waals surface area contributed by atoms with E-state index in [2.05, 4.69) is 10.0 Å². The van der Waals surface area contributed by atoms with Crippen molar-refractivity contribution in [1.29, 1.82) is 0 Å². The van der Waals surface area contributed by atoms with Crippen molar-refractivity contribution in [2.75, 3.05) is 23.8 Å². The van der Waals surface area contributed by atoms with Crippen molar-refractivity contribution in [2.24, 2.45) is 0 Å². The molecule has 0 aromatic heterocycles. The lowest BCUT2D eigenvalue weighted by atomic mass is 10.2. The van der Waals surface area contributed by atoms with Gasteiger partial charge in [0, 0.05) is 22.8 Å². The van der Waals surface area contributed by atoms with Crippen molar-refractivity contribution in [2.45, 2.75) is 17.7 Å². The van der Waals surface area contributed by atoms with Crippen molar-refractivity contribution in [3.8, 4) is 11.5 Å². The highest BCUT2D eigenvalue weighted by molar-refractivity contribution is 7.92. The fraction of sp³-hybridized carbons (Fsp3) is 0.174. The second kappa shape index (κ2) is 10.9. The van der Waals surface area contributed by atoms with Crippen molar-refractivity contribution in [3.05, 3.63) is 77.8 Å². The number of anilines is 2. The maximum Gasteiger partial charge on any atom is 0.261 e. The number of rotatable bonds is 10. The Morgan fingerprint density at radius 1 is 0.875 bits per heavy atom. The number of hydrogen-bond acceptors (Lipinski definition) is 5. The molecule has 0 bridgehead atoms. The Hall–Kier alpha value is -3.23. The molecule has 0 spiro atoms. The molecule has 0 heterocycles. The number of benzene rings is 3. The van der Waals surface area contributed by atoms with Crippen LogP contribution in [0.4, 0.5) is 11.4 Å². The molecule has 32 heavy (non-hydrogen) atoms. The van der Waals surface area contributed by atoms with Gasteiger partial charge in [0.1, 0.15) is 11.5 Å². The number of ether oxygens (including phenoxy) is 2. The van der Waals surface area contributed by atoms with Gasteiger partial charge in [-0.25, -0.2) is 8.42 Å². The van der Waals surface area contributed by atoms with E-state index in [1.165, 1.54) is 19.2 Å². The Balaban J connectivity index is 1.47. The van der Waals surface area contributed by atoms with Crippen LogP contribution in [0.15, 0.2) is 77.7 Å². The lowest BCUT2D eigenvalue weighted by molar-refractivity contribution is -0.116. The van der Waals surface area contributed by atoms with Gasteiger partial charge in [0.25, 0.3) is 10.0 Å². The van der Waals surface area contributed by atoms with Gasteiger partial charge < -0.3 is 14.8 Å². The average Bonchev–Trinajstić information content (AvgIpc) is 2.78. The summed E-state index contributed by atoms with van der Waals surface area (Å²) in [5, 5.41) is 3.38. The summed E-state index contributed by atoms with van der Waals surface area (Å²) in [4.78, 5) is 12.2. The topological polar surface area (TPSA) is 93.7 Å². The van der Waals surface area contributed by atoms with Gasteiger partial charge in [0.2, 0.25) is 5.91 Å². The van der Waals surface area contributed by atoms with Gasteiger partial charge in [0.05, 0.1) is 18.6 Å². The molecule has 3 aromatic carbocycles. The molecule has 0 radical (unpaired) electrons. The zero-order valence-electron chi connectivity index (χ0n) is 17.4. The molecule has 9 heteroatoms. The van der Waals surface area contributed by atoms with E-state index in [1.807, 2.05) is 0 Å². The normalized spacial score (nSPS) is 10.9. The number of carbonyl (C=O) groups is 1. The molecule has 2 N–H and O–H groups in total. The minimum atomic E-state index is -3.75. The Morgan fingerprint density at radius 2 is 1.47 bits per heavy atom. The number of halogens is 1. The first-order chi connectivity index (χ1) is 15.4. The molecule has 0 atom stereocenters. The van der Waals surface area contributed by atoms with E-state index >= 15 is 0 Å². The monoisotopic (exact) mass is 474 g/mol. The summed E-state index contributed by atoms with van der Waals surface area (Å²) in [6.45, 7) is 0.392. The molecular formula is C23H23ClN2O5S. The Bertz CT molecular complexity index is 1130. The second-order valence-corrected chi connectivity index (χ2v) is 8.93. The zero-order valence-corrected chi connectivity index (χ0v) is 18.9. The molecule has 0 aliphatic rings. The summed E-state index contributed by atoms with van der Waals surface area (Å²) in [5.74, 6) is 1.14. The number of hydrogen-bond donors (Lipinski definition) is 2. The molecule has 0 saturated heterocycles. The first kappa shape index (κ1) is 23.4. The minimum Gasteiger partial charge on any atom is -0.497 e. The summed E-state index contributed by atoms with van der Waals surface area (Å²) in [6.07, 6.45) is 0.805. The van der Waals surface area contributed by atoms with E-state index in [0.29, 0.717) is 40.9 Å². The largest absolute Gasteiger partial charge is 0.497 e. The Morgan fingerprint density at radius 3 is 2.09 bits per heavy atom. The van der Waals surface area contributed by atoms with Gasteiger partial charge in [-0.2, -0.15) is 0 Å². The number of sulfonamides is 1. The quantitative estimate of drug-likeness (QED) is 0.405. The summed E-state index contributed by atoms with van der Waals surface area (Å²) in [7, 11) is -2.22. The predicted molar refractivity (Wildman–Crippen MR) is 125 cm³/mol. The standard InChI is InChI=1S/C23H23ClN2O5S/c1-30-20-12-6-19(7-13-20)26-32(28,29)22-14-8-18(9-15-22)25-23(27)3-2-16-31-21-10-4-17(24)5-11-21/h4-15,26H,2-3,16H2,1H3,(H,25,27). The third-order valence-corrected chi connectivity index (χ3v) is 6.07. The van der Waals surface area contributed by atoms with Crippen molar-refractivity contribution in [1.82, 2.24) is 0 Å². The van der Waals surface area contributed by atoms with E-state index in [9.17, 15) is 13.2 Å². The van der Waals surface area contributed by atoms with Gasteiger partial charge in [-0.05, 0) is 79.2 Å². The first-order valence-corrected chi connectivity index (χ1v) is 11.7. The SMILES string of the molecule is COc1ccc(NS(=O)(=O)c2ccc(NC(=O)CCCOc3ccc(Cl)cc3)cc2)cc1. The van der Waals surface area contributed by atoms with Crippen LogP contribution >= 0.6 is 11.6 Å². The molecule has 0 aliphatic heterocycles. The molecule has 0 aliphatic carbocycles. The average molecular weight is 475 g/mol. The van der Waals surface area contributed by atoms with E-state index in [4.69, 9.17) is 21.1 Å². The molecule has 0 unspecified atom stereocenters. The van der Waals surface area contributed by atoms with Crippen LogP contribution in [0.2, 0.25) is 5.02 Å².